The van der Waals surface area contributed by atoms with Crippen molar-refractivity contribution in [1.82, 2.24) is 4.90 Å². The van der Waals surface area contributed by atoms with E-state index in [9.17, 15) is 14.7 Å². The Labute approximate surface area is 135 Å². The lowest BCUT2D eigenvalue weighted by Gasteiger charge is -2.35. The van der Waals surface area contributed by atoms with Crippen LogP contribution >= 0.6 is 0 Å². The number of rotatable bonds is 5. The van der Waals surface area contributed by atoms with Crippen LogP contribution in [0.15, 0.2) is 54.6 Å². The normalized spacial score (nSPS) is 14.4. The smallest absolute Gasteiger partial charge is 0.223 e. The Hall–Kier alpha value is -2.46. The molecule has 1 aliphatic rings. The predicted molar refractivity (Wildman–Crippen MR) is 88.0 cm³/mol. The molecule has 2 aromatic rings. The average molecular weight is 309 g/mol. The van der Waals surface area contributed by atoms with Crippen molar-refractivity contribution >= 4 is 11.7 Å². The number of likely N-dealkylation sites (tertiary alicyclic amines) is 1. The van der Waals surface area contributed by atoms with Crippen LogP contribution in [0.4, 0.5) is 0 Å². The number of ketones is 1. The average Bonchev–Trinajstić information content (AvgIpc) is 2.57. The van der Waals surface area contributed by atoms with Gasteiger partial charge in [-0.15, -0.1) is 0 Å². The van der Waals surface area contributed by atoms with Crippen LogP contribution in [0, 0.1) is 0 Å². The van der Waals surface area contributed by atoms with Crippen LogP contribution in [0.1, 0.15) is 23.2 Å². The Morgan fingerprint density at radius 3 is 2.13 bits per heavy atom. The highest BCUT2D eigenvalue weighted by molar-refractivity contribution is 5.98. The van der Waals surface area contributed by atoms with Gasteiger partial charge < -0.3 is 10.0 Å². The van der Waals surface area contributed by atoms with E-state index < -0.39 is 6.10 Å². The van der Waals surface area contributed by atoms with Gasteiger partial charge in [-0.1, -0.05) is 54.6 Å². The molecular weight excluding hydrogens is 290 g/mol. The lowest BCUT2D eigenvalue weighted by molar-refractivity contribution is -0.141. The summed E-state index contributed by atoms with van der Waals surface area (Å²) in [6.07, 6.45) is 0.00225. The van der Waals surface area contributed by atoms with E-state index in [-0.39, 0.29) is 24.5 Å². The number of aliphatic hydroxyl groups is 1. The maximum atomic E-state index is 12.2. The summed E-state index contributed by atoms with van der Waals surface area (Å²) in [5.41, 5.74) is 2.80. The highest BCUT2D eigenvalue weighted by atomic mass is 16.3. The Bertz CT molecular complexity index is 688. The van der Waals surface area contributed by atoms with Gasteiger partial charge >= 0.3 is 0 Å². The van der Waals surface area contributed by atoms with Crippen molar-refractivity contribution in [2.24, 2.45) is 0 Å². The fourth-order valence-corrected chi connectivity index (χ4v) is 2.66. The number of nitrogens with zero attached hydrogens (tertiary/aromatic N) is 1. The quantitative estimate of drug-likeness (QED) is 0.864. The molecule has 0 bridgehead atoms. The molecule has 1 N–H and O–H groups in total. The molecule has 118 valence electrons. The van der Waals surface area contributed by atoms with Crippen LogP contribution in [-0.2, 0) is 4.79 Å². The number of hydrogen-bond donors (Lipinski definition) is 1. The summed E-state index contributed by atoms with van der Waals surface area (Å²) in [6, 6.07) is 17.4. The van der Waals surface area contributed by atoms with Gasteiger partial charge in [0, 0.05) is 31.5 Å². The minimum atomic E-state index is -0.403. The van der Waals surface area contributed by atoms with Crippen LogP contribution in [0.25, 0.3) is 11.1 Å². The molecule has 2 aromatic carbocycles. The first-order valence-corrected chi connectivity index (χ1v) is 7.78. The molecule has 1 fully saturated rings. The third kappa shape index (κ3) is 3.66. The maximum Gasteiger partial charge on any atom is 0.223 e. The zero-order chi connectivity index (χ0) is 16.2. The summed E-state index contributed by atoms with van der Waals surface area (Å²) in [5.74, 6) is -0.0939. The number of carbonyl (C=O) groups is 2. The molecule has 0 atom stereocenters. The molecule has 0 aromatic heterocycles. The molecule has 4 nitrogen and oxygen atoms in total. The standard InChI is InChI=1S/C19H19NO3/c21-17-12-20(13-17)19(23)11-10-18(22)16-8-6-15(7-9-16)14-4-2-1-3-5-14/h1-9,17,21H,10-13H2. The van der Waals surface area contributed by atoms with Gasteiger partial charge in [0.05, 0.1) is 6.10 Å². The summed E-state index contributed by atoms with van der Waals surface area (Å²) in [4.78, 5) is 25.6. The Kier molecular flexibility index (Phi) is 4.53. The summed E-state index contributed by atoms with van der Waals surface area (Å²) >= 11 is 0. The minimum Gasteiger partial charge on any atom is -0.389 e. The van der Waals surface area contributed by atoms with Crippen molar-refractivity contribution in [1.29, 1.82) is 0 Å². The highest BCUT2D eigenvalue weighted by Gasteiger charge is 2.28. The molecule has 1 amide bonds. The zero-order valence-electron chi connectivity index (χ0n) is 12.8. The summed E-state index contributed by atoms with van der Waals surface area (Å²) in [5, 5.41) is 9.18. The predicted octanol–water partition coefficient (Wildman–Crippen LogP) is 2.52. The lowest BCUT2D eigenvalue weighted by atomic mass is 10.0. The second kappa shape index (κ2) is 6.75. The minimum absolute atomic E-state index is 0.0287. The lowest BCUT2D eigenvalue weighted by Crippen LogP contribution is -2.53. The van der Waals surface area contributed by atoms with Crippen molar-refractivity contribution in [3.05, 3.63) is 60.2 Å². The molecule has 1 aliphatic heterocycles. The topological polar surface area (TPSA) is 57.6 Å². The fraction of sp³-hybridized carbons (Fsp3) is 0.263. The first-order chi connectivity index (χ1) is 11.1. The van der Waals surface area contributed by atoms with E-state index in [2.05, 4.69) is 0 Å². The van der Waals surface area contributed by atoms with Crippen molar-refractivity contribution in [2.75, 3.05) is 13.1 Å². The second-order valence-corrected chi connectivity index (χ2v) is 5.82. The van der Waals surface area contributed by atoms with Gasteiger partial charge in [-0.25, -0.2) is 0 Å². The van der Waals surface area contributed by atoms with E-state index in [1.807, 2.05) is 54.6 Å². The molecule has 4 heteroatoms. The second-order valence-electron chi connectivity index (χ2n) is 5.82. The number of aliphatic hydroxyl groups excluding tert-OH is 1. The number of amides is 1. The van der Waals surface area contributed by atoms with Crippen LogP contribution in [-0.4, -0.2) is 40.9 Å². The van der Waals surface area contributed by atoms with Crippen LogP contribution < -0.4 is 0 Å². The van der Waals surface area contributed by atoms with Gasteiger partial charge in [-0.3, -0.25) is 9.59 Å². The zero-order valence-corrected chi connectivity index (χ0v) is 12.8. The van der Waals surface area contributed by atoms with Crippen LogP contribution in [0.3, 0.4) is 0 Å². The van der Waals surface area contributed by atoms with Crippen molar-refractivity contribution in [3.63, 3.8) is 0 Å². The molecule has 0 unspecified atom stereocenters. The van der Waals surface area contributed by atoms with E-state index in [1.54, 1.807) is 4.90 Å². The first-order valence-electron chi connectivity index (χ1n) is 7.78. The first kappa shape index (κ1) is 15.4. The van der Waals surface area contributed by atoms with Crippen molar-refractivity contribution in [2.45, 2.75) is 18.9 Å². The SMILES string of the molecule is O=C(CCC(=O)N1CC(O)C1)c1ccc(-c2ccccc2)cc1. The number of Topliss-reactive ketones (excluding diaryl/α,β-unsaturated/α-hetero) is 1. The molecule has 1 heterocycles. The summed E-state index contributed by atoms with van der Waals surface area (Å²) in [7, 11) is 0. The molecule has 3 rings (SSSR count). The van der Waals surface area contributed by atoms with E-state index in [0.717, 1.165) is 11.1 Å². The van der Waals surface area contributed by atoms with Crippen molar-refractivity contribution in [3.8, 4) is 11.1 Å². The molecular formula is C19H19NO3. The largest absolute Gasteiger partial charge is 0.389 e. The van der Waals surface area contributed by atoms with Gasteiger partial charge in [0.1, 0.15) is 0 Å². The Morgan fingerprint density at radius 1 is 0.913 bits per heavy atom. The summed E-state index contributed by atoms with van der Waals surface area (Å²) < 4.78 is 0. The van der Waals surface area contributed by atoms with Gasteiger partial charge in [0.15, 0.2) is 5.78 Å². The van der Waals surface area contributed by atoms with Gasteiger partial charge in [-0.05, 0) is 11.1 Å². The monoisotopic (exact) mass is 309 g/mol. The maximum absolute atomic E-state index is 12.2. The number of benzene rings is 2. The number of β-amino-alcohol motifs (C(OH)–C–C–N with tert-alkyl or cyclic N) is 1. The molecule has 0 saturated carbocycles. The molecule has 0 aliphatic carbocycles. The number of carbonyl (C=O) groups excluding carboxylic acids is 2. The summed E-state index contributed by atoms with van der Waals surface area (Å²) in [6.45, 7) is 0.775. The van der Waals surface area contributed by atoms with E-state index in [0.29, 0.717) is 18.7 Å². The molecule has 23 heavy (non-hydrogen) atoms. The van der Waals surface area contributed by atoms with E-state index >= 15 is 0 Å². The molecule has 0 radical (unpaired) electrons. The Morgan fingerprint density at radius 2 is 1.52 bits per heavy atom. The van der Waals surface area contributed by atoms with Gasteiger partial charge in [0.2, 0.25) is 5.91 Å². The highest BCUT2D eigenvalue weighted by Crippen LogP contribution is 2.20. The number of hydrogen-bond acceptors (Lipinski definition) is 3. The third-order valence-electron chi connectivity index (χ3n) is 4.09. The molecule has 0 spiro atoms. The van der Waals surface area contributed by atoms with Crippen LogP contribution in [0.5, 0.6) is 0 Å². The van der Waals surface area contributed by atoms with Crippen LogP contribution in [0.2, 0.25) is 0 Å². The van der Waals surface area contributed by atoms with E-state index in [4.69, 9.17) is 0 Å². The van der Waals surface area contributed by atoms with E-state index in [1.165, 1.54) is 0 Å². The third-order valence-corrected chi connectivity index (χ3v) is 4.09. The van der Waals surface area contributed by atoms with Crippen molar-refractivity contribution < 1.29 is 14.7 Å². The Balaban J connectivity index is 1.56. The van der Waals surface area contributed by atoms with Gasteiger partial charge in [-0.2, -0.15) is 0 Å². The van der Waals surface area contributed by atoms with Gasteiger partial charge in [0.25, 0.3) is 0 Å². The molecule has 1 saturated heterocycles. The fourth-order valence-electron chi connectivity index (χ4n) is 2.66.